The molecule has 1 saturated carbocycles. The van der Waals surface area contributed by atoms with E-state index in [0.717, 1.165) is 24.5 Å². The molecule has 1 aliphatic carbocycles. The van der Waals surface area contributed by atoms with E-state index in [9.17, 15) is 12.8 Å². The van der Waals surface area contributed by atoms with E-state index >= 15 is 0 Å². The quantitative estimate of drug-likeness (QED) is 0.859. The molecule has 3 rings (SSSR count). The van der Waals surface area contributed by atoms with Gasteiger partial charge in [-0.15, -0.1) is 0 Å². The van der Waals surface area contributed by atoms with Gasteiger partial charge in [-0.3, -0.25) is 0 Å². The Balaban J connectivity index is 1.95. The third-order valence-electron chi connectivity index (χ3n) is 3.45. The molecular weight excluding hydrogens is 311 g/mol. The van der Waals surface area contributed by atoms with Gasteiger partial charge in [0.05, 0.1) is 10.6 Å². The fraction of sp³-hybridized carbons (Fsp3) is 0.286. The number of halogens is 1. The molecule has 2 N–H and O–H groups in total. The lowest BCUT2D eigenvalue weighted by molar-refractivity contribution is 0.399. The molecule has 0 saturated heterocycles. The summed E-state index contributed by atoms with van der Waals surface area (Å²) in [6, 6.07) is 5.49. The van der Waals surface area contributed by atoms with Crippen molar-refractivity contribution >= 4 is 27.0 Å². The lowest BCUT2D eigenvalue weighted by Crippen LogP contribution is -2.32. The molecule has 4 nitrogen and oxygen atoms in total. The number of hydrogen-bond acceptors (Lipinski definition) is 4. The maximum Gasteiger partial charge on any atom is 0.243 e. The second kappa shape index (κ2) is 5.40. The van der Waals surface area contributed by atoms with Crippen molar-refractivity contribution in [2.24, 2.45) is 0 Å². The lowest BCUT2D eigenvalue weighted by atomic mass is 10.3. The zero-order valence-electron chi connectivity index (χ0n) is 11.2. The number of anilines is 1. The first-order chi connectivity index (χ1) is 9.98. The van der Waals surface area contributed by atoms with Crippen molar-refractivity contribution in [3.8, 4) is 0 Å². The maximum absolute atomic E-state index is 13.2. The second-order valence-corrected chi connectivity index (χ2v) is 7.77. The van der Waals surface area contributed by atoms with Crippen LogP contribution in [0, 0.1) is 5.82 Å². The van der Waals surface area contributed by atoms with Crippen molar-refractivity contribution in [3.05, 3.63) is 46.4 Å². The molecule has 21 heavy (non-hydrogen) atoms. The molecule has 112 valence electrons. The summed E-state index contributed by atoms with van der Waals surface area (Å²) in [5.74, 6) is -0.607. The Morgan fingerprint density at radius 2 is 2.10 bits per heavy atom. The molecule has 0 amide bonds. The third-order valence-corrected chi connectivity index (χ3v) is 6.07. The zero-order valence-corrected chi connectivity index (χ0v) is 12.8. The van der Waals surface area contributed by atoms with Crippen molar-refractivity contribution in [2.45, 2.75) is 30.3 Å². The first-order valence-corrected chi connectivity index (χ1v) is 8.95. The van der Waals surface area contributed by atoms with Crippen LogP contribution in [0.25, 0.3) is 0 Å². The third kappa shape index (κ3) is 2.95. The predicted molar refractivity (Wildman–Crippen MR) is 80.9 cm³/mol. The van der Waals surface area contributed by atoms with Crippen molar-refractivity contribution in [1.82, 2.24) is 4.31 Å². The van der Waals surface area contributed by atoms with Crippen LogP contribution < -0.4 is 5.73 Å². The van der Waals surface area contributed by atoms with E-state index in [1.54, 1.807) is 0 Å². The van der Waals surface area contributed by atoms with Crippen LogP contribution in [0.3, 0.4) is 0 Å². The van der Waals surface area contributed by atoms with Crippen LogP contribution in [0.5, 0.6) is 0 Å². The van der Waals surface area contributed by atoms with Gasteiger partial charge in [0.25, 0.3) is 0 Å². The van der Waals surface area contributed by atoms with Crippen LogP contribution in [0.4, 0.5) is 10.1 Å². The first-order valence-electron chi connectivity index (χ1n) is 6.56. The molecule has 1 heterocycles. The number of thiophene rings is 1. The molecule has 0 unspecified atom stereocenters. The number of nitrogens with two attached hydrogens (primary N) is 1. The average Bonchev–Trinajstić information content (AvgIpc) is 3.15. The van der Waals surface area contributed by atoms with Crippen molar-refractivity contribution in [3.63, 3.8) is 0 Å². The van der Waals surface area contributed by atoms with E-state index in [1.165, 1.54) is 27.8 Å². The predicted octanol–water partition coefficient (Wildman–Crippen LogP) is 2.82. The standard InChI is InChI=1S/C14H15FN2O2S2/c15-13-4-3-12(7-14(13)16)21(18,19)17(11-1-2-11)8-10-5-6-20-9-10/h3-7,9,11H,1-2,8,16H2. The Morgan fingerprint density at radius 3 is 2.67 bits per heavy atom. The minimum atomic E-state index is -3.66. The summed E-state index contributed by atoms with van der Waals surface area (Å²) in [5, 5.41) is 3.85. The molecular formula is C14H15FN2O2S2. The highest BCUT2D eigenvalue weighted by atomic mass is 32.2. The van der Waals surface area contributed by atoms with Gasteiger partial charge >= 0.3 is 0 Å². The van der Waals surface area contributed by atoms with Crippen molar-refractivity contribution in [1.29, 1.82) is 0 Å². The molecule has 0 radical (unpaired) electrons. The SMILES string of the molecule is Nc1cc(S(=O)(=O)N(Cc2ccsc2)C2CC2)ccc1F. The molecule has 1 aromatic heterocycles. The largest absolute Gasteiger partial charge is 0.396 e. The summed E-state index contributed by atoms with van der Waals surface area (Å²) < 4.78 is 40.2. The fourth-order valence-corrected chi connectivity index (χ4v) is 4.52. The molecule has 0 atom stereocenters. The number of hydrogen-bond donors (Lipinski definition) is 1. The average molecular weight is 326 g/mol. The number of nitrogen functional groups attached to an aromatic ring is 1. The number of rotatable bonds is 5. The highest BCUT2D eigenvalue weighted by molar-refractivity contribution is 7.89. The number of sulfonamides is 1. The first kappa shape index (κ1) is 14.5. The van der Waals surface area contributed by atoms with Gasteiger partial charge in [-0.05, 0) is 53.4 Å². The second-order valence-electron chi connectivity index (χ2n) is 5.10. The zero-order chi connectivity index (χ0) is 15.0. The van der Waals surface area contributed by atoms with Crippen LogP contribution >= 0.6 is 11.3 Å². The summed E-state index contributed by atoms with van der Waals surface area (Å²) in [7, 11) is -3.66. The fourth-order valence-electron chi connectivity index (χ4n) is 2.15. The monoisotopic (exact) mass is 326 g/mol. The molecule has 7 heteroatoms. The van der Waals surface area contributed by atoms with Crippen LogP contribution in [0.15, 0.2) is 39.9 Å². The Morgan fingerprint density at radius 1 is 1.33 bits per heavy atom. The van der Waals surface area contributed by atoms with Crippen LogP contribution in [0.2, 0.25) is 0 Å². The van der Waals surface area contributed by atoms with Gasteiger partial charge < -0.3 is 5.73 Å². The normalized spacial score (nSPS) is 15.5. The smallest absolute Gasteiger partial charge is 0.243 e. The van der Waals surface area contributed by atoms with E-state index in [-0.39, 0.29) is 16.6 Å². The summed E-state index contributed by atoms with van der Waals surface area (Å²) in [6.07, 6.45) is 1.72. The molecule has 1 fully saturated rings. The van der Waals surface area contributed by atoms with Gasteiger partial charge in [0.15, 0.2) is 0 Å². The molecule has 0 aliphatic heterocycles. The van der Waals surface area contributed by atoms with Gasteiger partial charge in [0.2, 0.25) is 10.0 Å². The Labute approximate surface area is 127 Å². The Kier molecular flexibility index (Phi) is 3.73. The van der Waals surface area contributed by atoms with E-state index in [1.807, 2.05) is 16.8 Å². The summed E-state index contributed by atoms with van der Waals surface area (Å²) in [4.78, 5) is 0.0449. The van der Waals surface area contributed by atoms with Crippen molar-refractivity contribution in [2.75, 3.05) is 5.73 Å². The van der Waals surface area contributed by atoms with Crippen molar-refractivity contribution < 1.29 is 12.8 Å². The van der Waals surface area contributed by atoms with Crippen LogP contribution in [-0.4, -0.2) is 18.8 Å². The Bertz CT molecular complexity index is 740. The van der Waals surface area contributed by atoms with Gasteiger partial charge in [0.1, 0.15) is 5.82 Å². The summed E-state index contributed by atoms with van der Waals surface area (Å²) in [5.41, 5.74) is 6.30. The van der Waals surface area contributed by atoms with Crippen LogP contribution in [-0.2, 0) is 16.6 Å². The van der Waals surface area contributed by atoms with E-state index in [2.05, 4.69) is 0 Å². The van der Waals surface area contributed by atoms with Crippen LogP contribution in [0.1, 0.15) is 18.4 Å². The van der Waals surface area contributed by atoms with E-state index in [0.29, 0.717) is 6.54 Å². The van der Waals surface area contributed by atoms with Gasteiger partial charge in [0, 0.05) is 12.6 Å². The van der Waals surface area contributed by atoms with Gasteiger partial charge in [-0.25, -0.2) is 12.8 Å². The highest BCUT2D eigenvalue weighted by Crippen LogP contribution is 2.34. The molecule has 1 aliphatic rings. The minimum Gasteiger partial charge on any atom is -0.396 e. The molecule has 0 bridgehead atoms. The number of benzene rings is 1. The van der Waals surface area contributed by atoms with Gasteiger partial charge in [-0.2, -0.15) is 15.6 Å². The minimum absolute atomic E-state index is 0.0289. The maximum atomic E-state index is 13.2. The lowest BCUT2D eigenvalue weighted by Gasteiger charge is -2.21. The molecule has 0 spiro atoms. The highest BCUT2D eigenvalue weighted by Gasteiger charge is 2.38. The summed E-state index contributed by atoms with van der Waals surface area (Å²) >= 11 is 1.53. The van der Waals surface area contributed by atoms with E-state index in [4.69, 9.17) is 5.73 Å². The molecule has 2 aromatic rings. The van der Waals surface area contributed by atoms with Gasteiger partial charge in [-0.1, -0.05) is 0 Å². The van der Waals surface area contributed by atoms with E-state index < -0.39 is 15.8 Å². The molecule has 1 aromatic carbocycles. The Hall–Kier alpha value is -1.44. The topological polar surface area (TPSA) is 63.4 Å². The number of nitrogens with zero attached hydrogens (tertiary/aromatic N) is 1. The summed E-state index contributed by atoms with van der Waals surface area (Å²) in [6.45, 7) is 0.341.